The minimum Gasteiger partial charge on any atom is -0.418 e. The molecule has 0 bridgehead atoms. The van der Waals surface area contributed by atoms with Crippen molar-refractivity contribution in [1.29, 1.82) is 0 Å². The van der Waals surface area contributed by atoms with E-state index in [0.29, 0.717) is 21.5 Å². The Morgan fingerprint density at radius 3 is 2.21 bits per heavy atom. The van der Waals surface area contributed by atoms with E-state index in [1.165, 1.54) is 12.1 Å². The highest BCUT2D eigenvalue weighted by Gasteiger charge is 2.22. The first-order chi connectivity index (χ1) is 13.6. The number of halogens is 3. The highest BCUT2D eigenvalue weighted by molar-refractivity contribution is 6.30. The summed E-state index contributed by atoms with van der Waals surface area (Å²) >= 11 is 12.0. The lowest BCUT2D eigenvalue weighted by Crippen LogP contribution is -2.12. The second-order valence-corrected chi connectivity index (χ2v) is 6.96. The fourth-order valence-corrected chi connectivity index (χ4v) is 3.00. The van der Waals surface area contributed by atoms with Crippen molar-refractivity contribution in [3.63, 3.8) is 0 Å². The smallest absolute Gasteiger partial charge is 0.247 e. The van der Waals surface area contributed by atoms with Crippen LogP contribution in [0.5, 0.6) is 0 Å². The maximum absolute atomic E-state index is 13.5. The van der Waals surface area contributed by atoms with E-state index in [-0.39, 0.29) is 11.7 Å². The fraction of sp³-hybridized carbons (Fsp3) is 0.0476. The van der Waals surface area contributed by atoms with Crippen LogP contribution in [0.2, 0.25) is 10.0 Å². The predicted molar refractivity (Wildman–Crippen MR) is 108 cm³/mol. The Labute approximate surface area is 170 Å². The molecule has 0 aliphatic carbocycles. The van der Waals surface area contributed by atoms with Gasteiger partial charge in [-0.3, -0.25) is 0 Å². The summed E-state index contributed by atoms with van der Waals surface area (Å²) in [5.74, 6) is 0.216. The zero-order chi connectivity index (χ0) is 19.5. The molecule has 1 atom stereocenters. The van der Waals surface area contributed by atoms with Gasteiger partial charge in [0, 0.05) is 21.3 Å². The number of benzene rings is 3. The van der Waals surface area contributed by atoms with Gasteiger partial charge in [0.1, 0.15) is 11.9 Å². The first kappa shape index (κ1) is 18.5. The summed E-state index contributed by atoms with van der Waals surface area (Å²) in [5.41, 5.74) is 2.23. The van der Waals surface area contributed by atoms with Crippen LogP contribution in [0.4, 0.5) is 10.1 Å². The molecule has 0 aliphatic heterocycles. The van der Waals surface area contributed by atoms with Gasteiger partial charge in [0.15, 0.2) is 0 Å². The summed E-state index contributed by atoms with van der Waals surface area (Å²) in [6.45, 7) is 0. The van der Waals surface area contributed by atoms with Crippen molar-refractivity contribution in [2.45, 2.75) is 6.04 Å². The Morgan fingerprint density at radius 1 is 0.857 bits per heavy atom. The molecule has 0 aliphatic rings. The zero-order valence-corrected chi connectivity index (χ0v) is 16.0. The molecule has 140 valence electrons. The summed E-state index contributed by atoms with van der Waals surface area (Å²) in [6.07, 6.45) is 0. The van der Waals surface area contributed by atoms with Crippen LogP contribution in [0.1, 0.15) is 17.5 Å². The second kappa shape index (κ2) is 8.00. The first-order valence-corrected chi connectivity index (χ1v) is 9.21. The van der Waals surface area contributed by atoms with E-state index < -0.39 is 6.04 Å². The number of rotatable bonds is 5. The minimum absolute atomic E-state index is 0.242. The Hall–Kier alpha value is -2.89. The average molecular weight is 414 g/mol. The van der Waals surface area contributed by atoms with Crippen molar-refractivity contribution >= 4 is 28.9 Å². The van der Waals surface area contributed by atoms with Crippen LogP contribution in [-0.2, 0) is 0 Å². The zero-order valence-electron chi connectivity index (χ0n) is 14.4. The molecular weight excluding hydrogens is 400 g/mol. The number of hydrogen-bond acceptors (Lipinski definition) is 4. The molecule has 1 heterocycles. The Balaban J connectivity index is 1.70. The summed E-state index contributed by atoms with van der Waals surface area (Å²) in [4.78, 5) is 0. The highest BCUT2D eigenvalue weighted by Crippen LogP contribution is 2.29. The molecule has 0 fully saturated rings. The summed E-state index contributed by atoms with van der Waals surface area (Å²) in [7, 11) is 0. The van der Waals surface area contributed by atoms with Crippen LogP contribution in [0, 0.1) is 5.82 Å². The van der Waals surface area contributed by atoms with Gasteiger partial charge < -0.3 is 9.73 Å². The molecule has 0 saturated carbocycles. The quantitative estimate of drug-likeness (QED) is 0.412. The van der Waals surface area contributed by atoms with Gasteiger partial charge in [-0.05, 0) is 60.2 Å². The van der Waals surface area contributed by atoms with Crippen molar-refractivity contribution in [2.75, 3.05) is 5.32 Å². The number of anilines is 1. The van der Waals surface area contributed by atoms with E-state index in [4.69, 9.17) is 27.6 Å². The van der Waals surface area contributed by atoms with Crippen molar-refractivity contribution in [3.8, 4) is 11.5 Å². The molecule has 0 amide bonds. The van der Waals surface area contributed by atoms with Crippen molar-refractivity contribution < 1.29 is 8.81 Å². The maximum atomic E-state index is 13.5. The van der Waals surface area contributed by atoms with Gasteiger partial charge in [-0.1, -0.05) is 41.4 Å². The topological polar surface area (TPSA) is 51.0 Å². The lowest BCUT2D eigenvalue weighted by atomic mass is 10.1. The van der Waals surface area contributed by atoms with Crippen molar-refractivity contribution in [1.82, 2.24) is 10.2 Å². The van der Waals surface area contributed by atoms with Gasteiger partial charge >= 0.3 is 0 Å². The van der Waals surface area contributed by atoms with Gasteiger partial charge in [-0.2, -0.15) is 0 Å². The van der Waals surface area contributed by atoms with E-state index >= 15 is 0 Å². The standard InChI is InChI=1S/C21H14Cl2FN3O/c22-15-6-4-13(5-7-15)19(25-18-10-8-16(23)9-11-18)21-27-26-20(28-21)14-2-1-3-17(24)12-14/h1-12,19,25H/t19-/m1/s1. The largest absolute Gasteiger partial charge is 0.418 e. The lowest BCUT2D eigenvalue weighted by Gasteiger charge is -2.17. The van der Waals surface area contributed by atoms with Crippen molar-refractivity contribution in [2.24, 2.45) is 0 Å². The molecule has 3 aromatic carbocycles. The third-order valence-corrected chi connectivity index (χ3v) is 4.62. The Kier molecular flexibility index (Phi) is 5.28. The van der Waals surface area contributed by atoms with Crippen molar-refractivity contribution in [3.05, 3.63) is 100 Å². The van der Waals surface area contributed by atoms with Gasteiger partial charge in [0.05, 0.1) is 0 Å². The average Bonchev–Trinajstić information content (AvgIpc) is 3.18. The minimum atomic E-state index is -0.423. The molecular formula is C21H14Cl2FN3O. The molecule has 4 aromatic rings. The van der Waals surface area contributed by atoms with E-state index in [2.05, 4.69) is 15.5 Å². The molecule has 0 saturated heterocycles. The molecule has 4 nitrogen and oxygen atoms in total. The second-order valence-electron chi connectivity index (χ2n) is 6.09. The number of nitrogens with one attached hydrogen (secondary N) is 1. The van der Waals surface area contributed by atoms with Crippen LogP contribution < -0.4 is 5.32 Å². The number of nitrogens with zero attached hydrogens (tertiary/aromatic N) is 2. The van der Waals surface area contributed by atoms with Crippen LogP contribution >= 0.6 is 23.2 Å². The molecule has 1 aromatic heterocycles. The molecule has 0 unspecified atom stereocenters. The normalized spacial score (nSPS) is 12.0. The third kappa shape index (κ3) is 4.16. The third-order valence-electron chi connectivity index (χ3n) is 4.12. The first-order valence-electron chi connectivity index (χ1n) is 8.45. The van der Waals surface area contributed by atoms with E-state index in [1.54, 1.807) is 36.4 Å². The summed E-state index contributed by atoms with van der Waals surface area (Å²) < 4.78 is 19.4. The fourth-order valence-electron chi connectivity index (χ4n) is 2.75. The SMILES string of the molecule is Fc1cccc(-c2nnc([C@H](Nc3ccc(Cl)cc3)c3ccc(Cl)cc3)o2)c1. The van der Waals surface area contributed by atoms with E-state index in [1.807, 2.05) is 24.3 Å². The van der Waals surface area contributed by atoms with Crippen LogP contribution in [0.25, 0.3) is 11.5 Å². The summed E-state index contributed by atoms with van der Waals surface area (Å²) in [5, 5.41) is 12.9. The molecule has 1 N–H and O–H groups in total. The van der Waals surface area contributed by atoms with Gasteiger partial charge in [0.25, 0.3) is 0 Å². The van der Waals surface area contributed by atoms with Gasteiger partial charge in [-0.15, -0.1) is 10.2 Å². The van der Waals surface area contributed by atoms with Crippen LogP contribution in [0.3, 0.4) is 0 Å². The Morgan fingerprint density at radius 2 is 1.54 bits per heavy atom. The summed E-state index contributed by atoms with van der Waals surface area (Å²) in [6, 6.07) is 20.2. The molecule has 4 rings (SSSR count). The van der Waals surface area contributed by atoms with Gasteiger partial charge in [0.2, 0.25) is 11.8 Å². The van der Waals surface area contributed by atoms with E-state index in [9.17, 15) is 4.39 Å². The maximum Gasteiger partial charge on any atom is 0.247 e. The molecule has 0 radical (unpaired) electrons. The van der Waals surface area contributed by atoms with Crippen LogP contribution in [0.15, 0.2) is 77.2 Å². The number of hydrogen-bond donors (Lipinski definition) is 1. The van der Waals surface area contributed by atoms with E-state index in [0.717, 1.165) is 11.3 Å². The van der Waals surface area contributed by atoms with Crippen LogP contribution in [-0.4, -0.2) is 10.2 Å². The predicted octanol–water partition coefficient (Wildman–Crippen LogP) is 6.38. The molecule has 7 heteroatoms. The number of aromatic nitrogens is 2. The molecule has 28 heavy (non-hydrogen) atoms. The lowest BCUT2D eigenvalue weighted by molar-refractivity contribution is 0.493. The van der Waals surface area contributed by atoms with Gasteiger partial charge in [-0.25, -0.2) is 4.39 Å². The Bertz CT molecular complexity index is 1080. The monoisotopic (exact) mass is 413 g/mol. The highest BCUT2D eigenvalue weighted by atomic mass is 35.5. The molecule has 0 spiro atoms.